The maximum absolute atomic E-state index is 4.80. The van der Waals surface area contributed by atoms with E-state index in [1.807, 2.05) is 74.4 Å². The number of hydrogen-bond acceptors (Lipinski definition) is 4. The Labute approximate surface area is 217 Å². The number of pyridine rings is 1. The molecule has 0 aliphatic heterocycles. The highest BCUT2D eigenvalue weighted by Crippen LogP contribution is 2.16. The predicted molar refractivity (Wildman–Crippen MR) is 147 cm³/mol. The number of benzene rings is 1. The number of hydrogen-bond donors (Lipinski definition) is 2. The van der Waals surface area contributed by atoms with Crippen molar-refractivity contribution in [3.63, 3.8) is 0 Å². The Hall–Kier alpha value is -3.21. The number of imidazole rings is 1. The molecule has 0 atom stereocenters. The highest BCUT2D eigenvalue weighted by atomic mass is 127. The number of aromatic amines is 1. The van der Waals surface area contributed by atoms with Gasteiger partial charge in [-0.15, -0.1) is 24.0 Å². The van der Waals surface area contributed by atoms with Gasteiger partial charge in [-0.05, 0) is 44.0 Å². The van der Waals surface area contributed by atoms with Crippen LogP contribution in [0.15, 0.2) is 65.9 Å². The van der Waals surface area contributed by atoms with Crippen molar-refractivity contribution >= 4 is 29.9 Å². The van der Waals surface area contributed by atoms with Crippen LogP contribution >= 0.6 is 24.0 Å². The van der Waals surface area contributed by atoms with Gasteiger partial charge in [0.1, 0.15) is 5.82 Å². The zero-order valence-electron chi connectivity index (χ0n) is 20.0. The van der Waals surface area contributed by atoms with Crippen LogP contribution in [0.5, 0.6) is 0 Å². The summed E-state index contributed by atoms with van der Waals surface area (Å²) in [5.41, 5.74) is 5.21. The minimum Gasteiger partial charge on any atom is -0.357 e. The monoisotopic (exact) mass is 570 g/mol. The van der Waals surface area contributed by atoms with Gasteiger partial charge in [0.05, 0.1) is 30.7 Å². The van der Waals surface area contributed by atoms with Gasteiger partial charge in [-0.25, -0.2) is 19.6 Å². The summed E-state index contributed by atoms with van der Waals surface area (Å²) in [6.45, 7) is 8.01. The summed E-state index contributed by atoms with van der Waals surface area (Å²) in [6.07, 6.45) is 3.73. The first-order valence-corrected chi connectivity index (χ1v) is 11.1. The van der Waals surface area contributed by atoms with Gasteiger partial charge < -0.3 is 15.2 Å². The molecule has 0 unspecified atom stereocenters. The standard InChI is InChI=1S/C25H30N8.HI/c1-5-26-25(32(4)17-23-27-16-22(30-23)21-9-7-6-8-10-21)29-15-20-11-12-24(28-14-20)33-19(3)13-18(2)31-33;/h6-14,16H,5,15,17H2,1-4H3,(H,26,29)(H,27,30);1H. The lowest BCUT2D eigenvalue weighted by Crippen LogP contribution is -2.38. The number of H-pyrrole nitrogens is 1. The molecule has 0 aliphatic rings. The molecule has 0 amide bonds. The van der Waals surface area contributed by atoms with Gasteiger partial charge >= 0.3 is 0 Å². The molecule has 3 heterocycles. The van der Waals surface area contributed by atoms with Crippen LogP contribution in [0.1, 0.15) is 29.7 Å². The second-order valence-corrected chi connectivity index (χ2v) is 8.00. The van der Waals surface area contributed by atoms with Crippen molar-refractivity contribution in [1.29, 1.82) is 0 Å². The van der Waals surface area contributed by atoms with E-state index in [-0.39, 0.29) is 24.0 Å². The van der Waals surface area contributed by atoms with Crippen LogP contribution in [0.4, 0.5) is 0 Å². The topological polar surface area (TPSA) is 87.0 Å². The molecule has 8 nitrogen and oxygen atoms in total. The fourth-order valence-electron chi connectivity index (χ4n) is 3.64. The highest BCUT2D eigenvalue weighted by Gasteiger charge is 2.10. The molecule has 178 valence electrons. The number of aromatic nitrogens is 5. The molecule has 0 fully saturated rings. The normalized spacial score (nSPS) is 11.2. The van der Waals surface area contributed by atoms with E-state index in [2.05, 4.69) is 49.3 Å². The molecule has 1 aromatic carbocycles. The van der Waals surface area contributed by atoms with Gasteiger partial charge in [-0.2, -0.15) is 5.10 Å². The van der Waals surface area contributed by atoms with E-state index in [1.54, 1.807) is 0 Å². The zero-order chi connectivity index (χ0) is 23.2. The number of halogens is 1. The van der Waals surface area contributed by atoms with Crippen molar-refractivity contribution in [3.8, 4) is 17.1 Å². The largest absolute Gasteiger partial charge is 0.357 e. The van der Waals surface area contributed by atoms with Crippen molar-refractivity contribution in [2.24, 2.45) is 4.99 Å². The minimum absolute atomic E-state index is 0. The average Bonchev–Trinajstić information content (AvgIpc) is 3.43. The molecular formula is C25H31IN8. The quantitative estimate of drug-likeness (QED) is 0.194. The number of guanidine groups is 1. The summed E-state index contributed by atoms with van der Waals surface area (Å²) in [5, 5.41) is 7.85. The summed E-state index contributed by atoms with van der Waals surface area (Å²) >= 11 is 0. The third-order valence-corrected chi connectivity index (χ3v) is 5.24. The third-order valence-electron chi connectivity index (χ3n) is 5.24. The Balaban J connectivity index is 0.00000324. The first kappa shape index (κ1) is 25.4. The lowest BCUT2D eigenvalue weighted by molar-refractivity contribution is 0.464. The molecular weight excluding hydrogens is 539 g/mol. The van der Waals surface area contributed by atoms with Crippen molar-refractivity contribution < 1.29 is 0 Å². The van der Waals surface area contributed by atoms with E-state index in [1.165, 1.54) is 0 Å². The van der Waals surface area contributed by atoms with Crippen LogP contribution in [0.2, 0.25) is 0 Å². The Morgan fingerprint density at radius 2 is 1.88 bits per heavy atom. The van der Waals surface area contributed by atoms with Gasteiger partial charge in [0, 0.05) is 25.5 Å². The molecule has 0 saturated heterocycles. The molecule has 2 N–H and O–H groups in total. The van der Waals surface area contributed by atoms with Gasteiger partial charge in [0.25, 0.3) is 0 Å². The zero-order valence-corrected chi connectivity index (χ0v) is 22.3. The number of nitrogens with zero attached hydrogens (tertiary/aromatic N) is 6. The summed E-state index contributed by atoms with van der Waals surface area (Å²) < 4.78 is 1.85. The number of nitrogens with one attached hydrogen (secondary N) is 2. The molecule has 0 aliphatic carbocycles. The lowest BCUT2D eigenvalue weighted by Gasteiger charge is -2.21. The van der Waals surface area contributed by atoms with Crippen molar-refractivity contribution in [2.45, 2.75) is 33.9 Å². The molecule has 0 spiro atoms. The van der Waals surface area contributed by atoms with Crippen LogP contribution in [-0.4, -0.2) is 49.2 Å². The highest BCUT2D eigenvalue weighted by molar-refractivity contribution is 14.0. The Kier molecular flexibility index (Phi) is 8.80. The molecule has 34 heavy (non-hydrogen) atoms. The molecule has 9 heteroatoms. The minimum atomic E-state index is 0. The van der Waals surface area contributed by atoms with Gasteiger partial charge in [-0.1, -0.05) is 36.4 Å². The number of rotatable bonds is 7. The SMILES string of the molecule is CCNC(=NCc1ccc(-n2nc(C)cc2C)nc1)N(C)Cc1ncc(-c2ccccc2)[nH]1.I. The molecule has 3 aromatic heterocycles. The Bertz CT molecular complexity index is 1210. The first-order chi connectivity index (χ1) is 16.0. The fourth-order valence-corrected chi connectivity index (χ4v) is 3.64. The van der Waals surface area contributed by atoms with E-state index in [0.717, 1.165) is 52.4 Å². The van der Waals surface area contributed by atoms with Crippen molar-refractivity contribution in [3.05, 3.63) is 83.7 Å². The molecule has 4 rings (SSSR count). The molecule has 0 bridgehead atoms. The van der Waals surface area contributed by atoms with Crippen molar-refractivity contribution in [2.75, 3.05) is 13.6 Å². The van der Waals surface area contributed by atoms with Crippen LogP contribution in [-0.2, 0) is 13.1 Å². The second-order valence-electron chi connectivity index (χ2n) is 8.00. The second kappa shape index (κ2) is 11.8. The maximum Gasteiger partial charge on any atom is 0.194 e. The van der Waals surface area contributed by atoms with E-state index < -0.39 is 0 Å². The van der Waals surface area contributed by atoms with Gasteiger partial charge in [-0.3, -0.25) is 0 Å². The summed E-state index contributed by atoms with van der Waals surface area (Å²) in [6, 6.07) is 16.3. The first-order valence-electron chi connectivity index (χ1n) is 11.1. The van der Waals surface area contributed by atoms with E-state index in [0.29, 0.717) is 13.1 Å². The summed E-state index contributed by atoms with van der Waals surface area (Å²) in [4.78, 5) is 19.4. The van der Waals surface area contributed by atoms with Crippen molar-refractivity contribution in [1.82, 2.24) is 34.9 Å². The van der Waals surface area contributed by atoms with Crippen LogP contribution < -0.4 is 5.32 Å². The predicted octanol–water partition coefficient (Wildman–Crippen LogP) is 4.49. The smallest absolute Gasteiger partial charge is 0.194 e. The van der Waals surface area contributed by atoms with Crippen LogP contribution in [0.25, 0.3) is 17.1 Å². The third kappa shape index (κ3) is 6.22. The van der Waals surface area contributed by atoms with E-state index in [4.69, 9.17) is 4.99 Å². The molecule has 0 radical (unpaired) electrons. The summed E-state index contributed by atoms with van der Waals surface area (Å²) in [5.74, 6) is 2.51. The van der Waals surface area contributed by atoms with Crippen LogP contribution in [0.3, 0.4) is 0 Å². The van der Waals surface area contributed by atoms with Crippen LogP contribution in [0, 0.1) is 13.8 Å². The lowest BCUT2D eigenvalue weighted by atomic mass is 10.2. The average molecular weight is 570 g/mol. The molecule has 4 aromatic rings. The fraction of sp³-hybridized carbons (Fsp3) is 0.280. The molecule has 0 saturated carbocycles. The van der Waals surface area contributed by atoms with E-state index >= 15 is 0 Å². The van der Waals surface area contributed by atoms with E-state index in [9.17, 15) is 0 Å². The van der Waals surface area contributed by atoms with Gasteiger partial charge in [0.15, 0.2) is 11.8 Å². The Morgan fingerprint density at radius 3 is 2.53 bits per heavy atom. The number of aliphatic imine (C=N–C) groups is 1. The van der Waals surface area contributed by atoms with Gasteiger partial charge in [0.2, 0.25) is 0 Å². The summed E-state index contributed by atoms with van der Waals surface area (Å²) in [7, 11) is 2.01. The number of aryl methyl sites for hydroxylation is 2. The Morgan fingerprint density at radius 1 is 1.09 bits per heavy atom. The maximum atomic E-state index is 4.80.